The summed E-state index contributed by atoms with van der Waals surface area (Å²) in [7, 11) is -3.04. The molecule has 1 aliphatic heterocycles. The summed E-state index contributed by atoms with van der Waals surface area (Å²) >= 11 is 0. The van der Waals surface area contributed by atoms with Crippen molar-refractivity contribution in [1.29, 1.82) is 5.26 Å². The van der Waals surface area contributed by atoms with Gasteiger partial charge in [-0.1, -0.05) is 26.0 Å². The summed E-state index contributed by atoms with van der Waals surface area (Å²) in [6.45, 7) is 4.47. The van der Waals surface area contributed by atoms with Crippen LogP contribution in [0.25, 0.3) is 5.57 Å². The lowest BCUT2D eigenvalue weighted by Crippen LogP contribution is -2.44. The van der Waals surface area contributed by atoms with Crippen LogP contribution < -0.4 is 11.1 Å². The number of benzene rings is 1. The summed E-state index contributed by atoms with van der Waals surface area (Å²) in [5.41, 5.74) is 9.94. The van der Waals surface area contributed by atoms with Crippen molar-refractivity contribution < 1.29 is 13.2 Å². The van der Waals surface area contributed by atoms with Gasteiger partial charge in [-0.05, 0) is 60.8 Å². The van der Waals surface area contributed by atoms with Crippen LogP contribution in [-0.4, -0.2) is 35.8 Å². The first-order valence-corrected chi connectivity index (χ1v) is 12.9. The number of rotatable bonds is 4. The number of H-pyrrole nitrogens is 1. The molecule has 0 unspecified atom stereocenters. The number of nitrogens with zero attached hydrogens (tertiary/aromatic N) is 2. The number of allylic oxidation sites excluding steroid dienone is 2. The molecule has 4 rings (SSSR count). The smallest absolute Gasteiger partial charge is 0.291 e. The van der Waals surface area contributed by atoms with Crippen LogP contribution in [0.2, 0.25) is 0 Å². The lowest BCUT2D eigenvalue weighted by Gasteiger charge is -2.35. The van der Waals surface area contributed by atoms with Crippen molar-refractivity contribution in [1.82, 2.24) is 9.97 Å². The third kappa shape index (κ3) is 5.02. The van der Waals surface area contributed by atoms with Gasteiger partial charge in [0.1, 0.15) is 21.6 Å². The maximum absolute atomic E-state index is 12.8. The van der Waals surface area contributed by atoms with E-state index in [0.29, 0.717) is 18.5 Å². The molecule has 1 aromatic heterocycles. The predicted molar refractivity (Wildman–Crippen MR) is 127 cm³/mol. The topological polar surface area (TPSA) is 142 Å². The third-order valence-electron chi connectivity index (χ3n) is 6.79. The Labute approximate surface area is 194 Å². The number of carbonyl (C=O) groups is 1. The Balaban J connectivity index is 1.69. The van der Waals surface area contributed by atoms with Gasteiger partial charge in [-0.3, -0.25) is 4.79 Å². The molecule has 1 saturated heterocycles. The highest BCUT2D eigenvalue weighted by Crippen LogP contribution is 2.42. The maximum atomic E-state index is 12.8. The van der Waals surface area contributed by atoms with Gasteiger partial charge in [0.05, 0.1) is 17.7 Å². The number of hydrogen-bond acceptors (Lipinski definition) is 6. The van der Waals surface area contributed by atoms with Crippen LogP contribution in [0.1, 0.15) is 73.4 Å². The largest absolute Gasteiger partial charge is 0.326 e. The Bertz CT molecular complexity index is 1250. The number of amides is 1. The van der Waals surface area contributed by atoms with Crippen LogP contribution in [0, 0.1) is 16.7 Å². The lowest BCUT2D eigenvalue weighted by molar-refractivity contribution is 0.101. The number of aromatic nitrogens is 2. The summed E-state index contributed by atoms with van der Waals surface area (Å²) in [6, 6.07) is 7.62. The Morgan fingerprint density at radius 3 is 2.58 bits per heavy atom. The van der Waals surface area contributed by atoms with Gasteiger partial charge >= 0.3 is 0 Å². The van der Waals surface area contributed by atoms with Gasteiger partial charge in [0.25, 0.3) is 5.91 Å². The first kappa shape index (κ1) is 23.2. The quantitative estimate of drug-likeness (QED) is 0.628. The first-order chi connectivity index (χ1) is 15.5. The number of aromatic amines is 1. The fraction of sp³-hybridized carbons (Fsp3) is 0.458. The Morgan fingerprint density at radius 2 is 1.97 bits per heavy atom. The molecule has 2 aromatic rings. The van der Waals surface area contributed by atoms with E-state index in [-0.39, 0.29) is 28.4 Å². The normalized spacial score (nSPS) is 21.0. The number of imidazole rings is 1. The number of nitriles is 1. The van der Waals surface area contributed by atoms with Crippen molar-refractivity contribution in [2.75, 3.05) is 16.8 Å². The van der Waals surface area contributed by atoms with E-state index in [9.17, 15) is 13.2 Å². The zero-order valence-corrected chi connectivity index (χ0v) is 19.8. The van der Waals surface area contributed by atoms with Crippen LogP contribution >= 0.6 is 0 Å². The van der Waals surface area contributed by atoms with Crippen LogP contribution in [-0.2, 0) is 15.4 Å². The van der Waals surface area contributed by atoms with Crippen molar-refractivity contribution >= 4 is 27.0 Å². The van der Waals surface area contributed by atoms with Gasteiger partial charge in [-0.25, -0.2) is 13.4 Å². The summed E-state index contributed by atoms with van der Waals surface area (Å²) in [5.74, 6) is -0.219. The van der Waals surface area contributed by atoms with Crippen molar-refractivity contribution in [2.45, 2.75) is 51.5 Å². The van der Waals surface area contributed by atoms with Gasteiger partial charge in [0.2, 0.25) is 0 Å². The molecule has 33 heavy (non-hydrogen) atoms. The fourth-order valence-electron chi connectivity index (χ4n) is 4.42. The highest BCUT2D eigenvalue weighted by Gasteiger charge is 2.36. The third-order valence-corrected chi connectivity index (χ3v) is 8.44. The second kappa shape index (κ2) is 8.43. The molecule has 9 heteroatoms. The van der Waals surface area contributed by atoms with Crippen molar-refractivity contribution in [3.05, 3.63) is 53.1 Å². The minimum Gasteiger partial charge on any atom is -0.326 e. The summed E-state index contributed by atoms with van der Waals surface area (Å²) in [4.78, 5) is 19.4. The van der Waals surface area contributed by atoms with Gasteiger partial charge in [-0.15, -0.1) is 0 Å². The Hall–Kier alpha value is -2.96. The van der Waals surface area contributed by atoms with E-state index < -0.39 is 21.3 Å². The van der Waals surface area contributed by atoms with Crippen LogP contribution in [0.5, 0.6) is 0 Å². The minimum absolute atomic E-state index is 0.0631. The van der Waals surface area contributed by atoms with E-state index >= 15 is 0 Å². The fourth-order valence-corrected chi connectivity index (χ4v) is 5.97. The Kier molecular flexibility index (Phi) is 5.93. The molecule has 1 aromatic carbocycles. The van der Waals surface area contributed by atoms with E-state index in [1.165, 1.54) is 6.20 Å². The molecule has 2 aliphatic rings. The van der Waals surface area contributed by atoms with E-state index in [0.717, 1.165) is 36.0 Å². The number of nitrogens with two attached hydrogens (primary N) is 1. The monoisotopic (exact) mass is 467 g/mol. The van der Waals surface area contributed by atoms with Crippen molar-refractivity contribution in [3.8, 4) is 6.07 Å². The standard InChI is InChI=1S/C24H29N5O3S/c1-23(2)7-5-16(6-8-23)19-13-17(24(26)9-11-33(31,32)12-10-24)3-4-20(19)29-22(30)21-27-15-18(14-25)28-21/h3-5,13,15H,6-12,26H2,1-2H3,(H,27,28)(H,29,30). The number of nitrogens with one attached hydrogen (secondary N) is 2. The van der Waals surface area contributed by atoms with Crippen LogP contribution in [0.15, 0.2) is 30.5 Å². The lowest BCUT2D eigenvalue weighted by atomic mass is 9.76. The van der Waals surface area contributed by atoms with Gasteiger partial charge in [-0.2, -0.15) is 5.26 Å². The molecule has 0 radical (unpaired) electrons. The number of hydrogen-bond donors (Lipinski definition) is 3. The highest BCUT2D eigenvalue weighted by atomic mass is 32.2. The van der Waals surface area contributed by atoms with E-state index in [2.05, 4.69) is 35.2 Å². The second-order valence-electron chi connectivity index (χ2n) is 9.88. The molecular weight excluding hydrogens is 438 g/mol. The van der Waals surface area contributed by atoms with E-state index in [1.807, 2.05) is 24.3 Å². The van der Waals surface area contributed by atoms with Crippen molar-refractivity contribution in [3.63, 3.8) is 0 Å². The average Bonchev–Trinajstić information content (AvgIpc) is 3.26. The second-order valence-corrected chi connectivity index (χ2v) is 12.2. The molecule has 1 amide bonds. The molecule has 0 saturated carbocycles. The molecule has 0 atom stereocenters. The zero-order valence-electron chi connectivity index (χ0n) is 18.9. The summed E-state index contributed by atoms with van der Waals surface area (Å²) in [5, 5.41) is 11.9. The molecule has 0 spiro atoms. The highest BCUT2D eigenvalue weighted by molar-refractivity contribution is 7.91. The summed E-state index contributed by atoms with van der Waals surface area (Å²) < 4.78 is 23.9. The molecular formula is C24H29N5O3S. The Morgan fingerprint density at radius 1 is 1.24 bits per heavy atom. The maximum Gasteiger partial charge on any atom is 0.291 e. The van der Waals surface area contributed by atoms with Gasteiger partial charge in [0.15, 0.2) is 5.82 Å². The van der Waals surface area contributed by atoms with E-state index in [4.69, 9.17) is 11.0 Å². The van der Waals surface area contributed by atoms with Crippen LogP contribution in [0.3, 0.4) is 0 Å². The molecule has 1 aliphatic carbocycles. The molecule has 0 bridgehead atoms. The predicted octanol–water partition coefficient (Wildman–Crippen LogP) is 3.49. The van der Waals surface area contributed by atoms with Gasteiger partial charge < -0.3 is 16.0 Å². The molecule has 8 nitrogen and oxygen atoms in total. The summed E-state index contributed by atoms with van der Waals surface area (Å²) in [6.07, 6.45) is 7.09. The SMILES string of the molecule is CC1(C)CC=C(c2cc(C3(N)CCS(=O)(=O)CC3)ccc2NC(=O)c2ncc(C#N)[nH]2)CC1. The van der Waals surface area contributed by atoms with Gasteiger partial charge in [0, 0.05) is 16.8 Å². The molecule has 1 fully saturated rings. The van der Waals surface area contributed by atoms with Crippen LogP contribution in [0.4, 0.5) is 5.69 Å². The number of carbonyl (C=O) groups excluding carboxylic acids is 1. The average molecular weight is 468 g/mol. The first-order valence-electron chi connectivity index (χ1n) is 11.1. The number of anilines is 1. The molecule has 174 valence electrons. The minimum atomic E-state index is -3.04. The van der Waals surface area contributed by atoms with E-state index in [1.54, 1.807) is 0 Å². The zero-order chi connectivity index (χ0) is 23.9. The molecule has 2 heterocycles. The van der Waals surface area contributed by atoms with Crippen molar-refractivity contribution in [2.24, 2.45) is 11.1 Å². The molecule has 4 N–H and O–H groups in total. The number of sulfone groups is 1.